The molecule has 0 aromatic rings. The maximum atomic E-state index is 9.00. The number of aliphatic hydroxyl groups excluding tert-OH is 1. The minimum atomic E-state index is -0.223. The Morgan fingerprint density at radius 2 is 1.43 bits per heavy atom. The van der Waals surface area contributed by atoms with E-state index < -0.39 is 0 Å². The second kappa shape index (κ2) is 11.0. The van der Waals surface area contributed by atoms with Crippen molar-refractivity contribution in [3.63, 3.8) is 0 Å². The van der Waals surface area contributed by atoms with Crippen LogP contribution < -0.4 is 0 Å². The maximum Gasteiger partial charge on any atom is 0.0543 e. The van der Waals surface area contributed by atoms with Crippen molar-refractivity contribution in [2.75, 3.05) is 0 Å². The van der Waals surface area contributed by atoms with Crippen LogP contribution in [0.4, 0.5) is 0 Å². The van der Waals surface area contributed by atoms with E-state index >= 15 is 0 Å². The first-order valence-corrected chi connectivity index (χ1v) is 6.28. The van der Waals surface area contributed by atoms with Crippen LogP contribution in [0.2, 0.25) is 0 Å². The summed E-state index contributed by atoms with van der Waals surface area (Å²) in [5, 5.41) is 9.00. The van der Waals surface area contributed by atoms with Crippen molar-refractivity contribution < 1.29 is 5.11 Å². The summed E-state index contributed by atoms with van der Waals surface area (Å²) in [5.74, 6) is 0. The van der Waals surface area contributed by atoms with Crippen LogP contribution in [0.1, 0.15) is 71.6 Å². The molecule has 14 heavy (non-hydrogen) atoms. The second-order valence-electron chi connectivity index (χ2n) is 4.24. The average Bonchev–Trinajstić information content (AvgIpc) is 2.15. The predicted molar refractivity (Wildman–Crippen MR) is 63.2 cm³/mol. The second-order valence-corrected chi connectivity index (χ2v) is 4.24. The summed E-state index contributed by atoms with van der Waals surface area (Å²) in [4.78, 5) is 0. The van der Waals surface area contributed by atoms with E-state index in [2.05, 4.69) is 6.92 Å². The molecule has 0 fully saturated rings. The first-order valence-electron chi connectivity index (χ1n) is 6.28. The van der Waals surface area contributed by atoms with Crippen molar-refractivity contribution >= 4 is 0 Å². The number of hydrogen-bond acceptors (Lipinski definition) is 1. The van der Waals surface area contributed by atoms with Gasteiger partial charge in [0.25, 0.3) is 0 Å². The number of aliphatic hydroxyl groups is 1. The minimum absolute atomic E-state index is 0.223. The molecule has 0 saturated heterocycles. The molecule has 0 spiro atoms. The standard InChI is InChI=1S/C13H27O/c1-3-4-5-6-7-8-9-10-11-12-13(2)14/h12-14H,3-11H2,1-2H3. The number of unbranched alkanes of at least 4 members (excludes halogenated alkanes) is 8. The van der Waals surface area contributed by atoms with Gasteiger partial charge < -0.3 is 5.11 Å². The molecule has 0 aliphatic carbocycles. The fourth-order valence-electron chi connectivity index (χ4n) is 1.64. The van der Waals surface area contributed by atoms with Crippen LogP contribution in [0.5, 0.6) is 0 Å². The normalized spacial score (nSPS) is 13.1. The van der Waals surface area contributed by atoms with Crippen molar-refractivity contribution in [2.24, 2.45) is 0 Å². The highest BCUT2D eigenvalue weighted by Crippen LogP contribution is 2.10. The number of hydrogen-bond donors (Lipinski definition) is 1. The summed E-state index contributed by atoms with van der Waals surface area (Å²) in [7, 11) is 0. The van der Waals surface area contributed by atoms with Gasteiger partial charge in [-0.3, -0.25) is 0 Å². The fourth-order valence-corrected chi connectivity index (χ4v) is 1.64. The molecule has 0 heterocycles. The van der Waals surface area contributed by atoms with Crippen LogP contribution in [-0.2, 0) is 0 Å². The largest absolute Gasteiger partial charge is 0.393 e. The van der Waals surface area contributed by atoms with E-state index in [-0.39, 0.29) is 6.10 Å². The van der Waals surface area contributed by atoms with Gasteiger partial charge in [0.05, 0.1) is 6.10 Å². The van der Waals surface area contributed by atoms with Crippen molar-refractivity contribution in [3.8, 4) is 0 Å². The van der Waals surface area contributed by atoms with Crippen molar-refractivity contribution in [1.82, 2.24) is 0 Å². The number of rotatable bonds is 10. The summed E-state index contributed by atoms with van der Waals surface area (Å²) in [6.45, 7) is 4.08. The van der Waals surface area contributed by atoms with Gasteiger partial charge in [0, 0.05) is 0 Å². The highest BCUT2D eigenvalue weighted by molar-refractivity contribution is 4.70. The molecule has 0 aliphatic rings. The van der Waals surface area contributed by atoms with Crippen LogP contribution in [0.3, 0.4) is 0 Å². The molecule has 0 aromatic carbocycles. The third-order valence-corrected chi connectivity index (χ3v) is 2.57. The molecule has 0 aromatic heterocycles. The van der Waals surface area contributed by atoms with E-state index in [1.165, 1.54) is 51.4 Å². The van der Waals surface area contributed by atoms with Gasteiger partial charge in [0.1, 0.15) is 0 Å². The molecule has 1 atom stereocenters. The summed E-state index contributed by atoms with van der Waals surface area (Å²) in [6.07, 6.45) is 13.8. The molecule has 0 bridgehead atoms. The molecule has 0 saturated carbocycles. The average molecular weight is 199 g/mol. The van der Waals surface area contributed by atoms with Gasteiger partial charge in [-0.2, -0.15) is 0 Å². The van der Waals surface area contributed by atoms with Gasteiger partial charge in [-0.15, -0.1) is 0 Å². The lowest BCUT2D eigenvalue weighted by atomic mass is 10.1. The Hall–Kier alpha value is -0.0400. The first kappa shape index (κ1) is 14.0. The molecule has 1 heteroatoms. The Morgan fingerprint density at radius 3 is 1.93 bits per heavy atom. The van der Waals surface area contributed by atoms with Crippen molar-refractivity contribution in [1.29, 1.82) is 0 Å². The first-order chi connectivity index (χ1) is 6.77. The van der Waals surface area contributed by atoms with E-state index in [1.54, 1.807) is 0 Å². The lowest BCUT2D eigenvalue weighted by Crippen LogP contribution is -1.99. The molecular weight excluding hydrogens is 172 g/mol. The van der Waals surface area contributed by atoms with E-state index in [0.29, 0.717) is 0 Å². The predicted octanol–water partition coefficient (Wildman–Crippen LogP) is 4.10. The topological polar surface area (TPSA) is 20.2 Å². The van der Waals surface area contributed by atoms with E-state index in [9.17, 15) is 0 Å². The SMILES string of the molecule is CCCCCCCCCC[CH]C(C)O. The minimum Gasteiger partial charge on any atom is -0.393 e. The molecule has 1 radical (unpaired) electrons. The zero-order valence-corrected chi connectivity index (χ0v) is 9.97. The van der Waals surface area contributed by atoms with Crippen LogP contribution in [-0.4, -0.2) is 11.2 Å². The summed E-state index contributed by atoms with van der Waals surface area (Å²) in [6, 6.07) is 0. The fraction of sp³-hybridized carbons (Fsp3) is 0.923. The van der Waals surface area contributed by atoms with Gasteiger partial charge in [-0.25, -0.2) is 0 Å². The molecule has 0 aliphatic heterocycles. The summed E-state index contributed by atoms with van der Waals surface area (Å²) < 4.78 is 0. The molecule has 0 amide bonds. The Bertz CT molecular complexity index is 99.4. The van der Waals surface area contributed by atoms with Crippen LogP contribution in [0, 0.1) is 6.42 Å². The zero-order chi connectivity index (χ0) is 10.6. The van der Waals surface area contributed by atoms with Gasteiger partial charge in [0.2, 0.25) is 0 Å². The third kappa shape index (κ3) is 12.0. The lowest BCUT2D eigenvalue weighted by Gasteiger charge is -2.03. The Balaban J connectivity index is 2.85. The van der Waals surface area contributed by atoms with Gasteiger partial charge in [0.15, 0.2) is 0 Å². The van der Waals surface area contributed by atoms with E-state index in [0.717, 1.165) is 6.42 Å². The summed E-state index contributed by atoms with van der Waals surface area (Å²) >= 11 is 0. The highest BCUT2D eigenvalue weighted by atomic mass is 16.3. The highest BCUT2D eigenvalue weighted by Gasteiger charge is 1.95. The van der Waals surface area contributed by atoms with Crippen LogP contribution in [0.25, 0.3) is 0 Å². The maximum absolute atomic E-state index is 9.00. The zero-order valence-electron chi connectivity index (χ0n) is 9.97. The van der Waals surface area contributed by atoms with Crippen molar-refractivity contribution in [2.45, 2.75) is 77.7 Å². The van der Waals surface area contributed by atoms with Crippen LogP contribution >= 0.6 is 0 Å². The lowest BCUT2D eigenvalue weighted by molar-refractivity contribution is 0.222. The van der Waals surface area contributed by atoms with Gasteiger partial charge >= 0.3 is 0 Å². The Kier molecular flexibility index (Phi) is 11.0. The molecule has 1 N–H and O–H groups in total. The molecule has 0 rings (SSSR count). The molecule has 1 nitrogen and oxygen atoms in total. The van der Waals surface area contributed by atoms with Crippen LogP contribution in [0.15, 0.2) is 0 Å². The molecule has 85 valence electrons. The van der Waals surface area contributed by atoms with Crippen molar-refractivity contribution in [3.05, 3.63) is 6.42 Å². The van der Waals surface area contributed by atoms with Gasteiger partial charge in [-0.1, -0.05) is 58.3 Å². The summed E-state index contributed by atoms with van der Waals surface area (Å²) in [5.41, 5.74) is 0. The monoisotopic (exact) mass is 199 g/mol. The Labute approximate surface area is 89.9 Å². The van der Waals surface area contributed by atoms with E-state index in [1.807, 2.05) is 13.3 Å². The van der Waals surface area contributed by atoms with Gasteiger partial charge in [-0.05, 0) is 19.8 Å². The molecule has 1 unspecified atom stereocenters. The smallest absolute Gasteiger partial charge is 0.0543 e. The molecular formula is C13H27O. The Morgan fingerprint density at radius 1 is 0.929 bits per heavy atom. The quantitative estimate of drug-likeness (QED) is 0.525. The third-order valence-electron chi connectivity index (χ3n) is 2.57. The van der Waals surface area contributed by atoms with E-state index in [4.69, 9.17) is 5.11 Å².